The average Bonchev–Trinajstić information content (AvgIpc) is 3.16. The highest BCUT2D eigenvalue weighted by Crippen LogP contribution is 2.28. The van der Waals surface area contributed by atoms with Gasteiger partial charge in [-0.15, -0.1) is 0 Å². The standard InChI is InChI=1S/C25H19N3O2/c1-2-3-12-21-27-25-22(24-26-18-10-6-7-11-19(18)28(21)24)23(29)17-13-15-8-4-5-9-16(15)14-20(17)30-25/h4-11,13-14H,2-3,12H2,1H3. The minimum Gasteiger partial charge on any atom is -0.437 e. The van der Waals surface area contributed by atoms with Crippen LogP contribution in [0.3, 0.4) is 0 Å². The van der Waals surface area contributed by atoms with Crippen molar-refractivity contribution in [3.8, 4) is 0 Å². The Labute approximate surface area is 171 Å². The van der Waals surface area contributed by atoms with Gasteiger partial charge in [0.05, 0.1) is 16.4 Å². The normalized spacial score (nSPS) is 12.0. The Bertz CT molecular complexity index is 1660. The third-order valence-corrected chi connectivity index (χ3v) is 5.77. The van der Waals surface area contributed by atoms with Crippen molar-refractivity contribution in [1.82, 2.24) is 14.4 Å². The van der Waals surface area contributed by atoms with Crippen molar-refractivity contribution in [2.24, 2.45) is 0 Å². The van der Waals surface area contributed by atoms with Crippen molar-refractivity contribution in [2.45, 2.75) is 26.2 Å². The third-order valence-electron chi connectivity index (χ3n) is 5.77. The maximum absolute atomic E-state index is 13.6. The third kappa shape index (κ3) is 2.38. The molecule has 0 saturated heterocycles. The summed E-state index contributed by atoms with van der Waals surface area (Å²) in [5.41, 5.74) is 3.26. The first-order valence-corrected chi connectivity index (χ1v) is 10.3. The quantitative estimate of drug-likeness (QED) is 0.365. The van der Waals surface area contributed by atoms with Crippen LogP contribution >= 0.6 is 0 Å². The first kappa shape index (κ1) is 17.2. The largest absolute Gasteiger partial charge is 0.437 e. The summed E-state index contributed by atoms with van der Waals surface area (Å²) in [7, 11) is 0. The van der Waals surface area contributed by atoms with Crippen molar-refractivity contribution in [3.63, 3.8) is 0 Å². The smallest absolute Gasteiger partial charge is 0.236 e. The lowest BCUT2D eigenvalue weighted by atomic mass is 10.1. The number of unbranched alkanes of at least 4 members (excludes halogenated alkanes) is 1. The van der Waals surface area contributed by atoms with Crippen LogP contribution in [0.15, 0.2) is 69.9 Å². The second-order valence-electron chi connectivity index (χ2n) is 7.70. The van der Waals surface area contributed by atoms with Crippen LogP contribution < -0.4 is 5.43 Å². The van der Waals surface area contributed by atoms with Gasteiger partial charge in [-0.25, -0.2) is 4.98 Å². The molecule has 146 valence electrons. The van der Waals surface area contributed by atoms with Crippen molar-refractivity contribution < 1.29 is 4.42 Å². The summed E-state index contributed by atoms with van der Waals surface area (Å²) in [6.45, 7) is 2.16. The summed E-state index contributed by atoms with van der Waals surface area (Å²) in [6.07, 6.45) is 2.85. The zero-order valence-electron chi connectivity index (χ0n) is 16.6. The molecule has 0 aliphatic carbocycles. The van der Waals surface area contributed by atoms with Crippen LogP contribution in [0.2, 0.25) is 0 Å². The molecule has 0 saturated carbocycles. The van der Waals surface area contributed by atoms with Gasteiger partial charge in [0.2, 0.25) is 11.1 Å². The van der Waals surface area contributed by atoms with E-state index in [1.807, 2.05) is 65.1 Å². The minimum atomic E-state index is -0.0909. The number of nitrogens with zero attached hydrogens (tertiary/aromatic N) is 3. The van der Waals surface area contributed by atoms with Crippen LogP contribution in [-0.2, 0) is 6.42 Å². The van der Waals surface area contributed by atoms with E-state index in [2.05, 4.69) is 6.92 Å². The van der Waals surface area contributed by atoms with Gasteiger partial charge in [-0.1, -0.05) is 49.7 Å². The first-order valence-electron chi connectivity index (χ1n) is 10.3. The SMILES string of the molecule is CCCCc1nc2oc3cc4ccccc4cc3c(=O)c2c2nc3ccccc3n12. The van der Waals surface area contributed by atoms with E-state index in [1.54, 1.807) is 0 Å². The molecule has 6 aromatic rings. The molecule has 5 nitrogen and oxygen atoms in total. The lowest BCUT2D eigenvalue weighted by molar-refractivity contribution is 0.635. The van der Waals surface area contributed by atoms with E-state index in [1.165, 1.54) is 0 Å². The Balaban J connectivity index is 1.82. The van der Waals surface area contributed by atoms with Crippen LogP contribution in [0.1, 0.15) is 25.6 Å². The summed E-state index contributed by atoms with van der Waals surface area (Å²) in [5.74, 6) is 0.872. The number of fused-ring (bicyclic) bond motifs is 7. The lowest BCUT2D eigenvalue weighted by Crippen LogP contribution is -2.09. The molecular formula is C25H19N3O2. The average molecular weight is 393 g/mol. The Morgan fingerprint density at radius 2 is 1.73 bits per heavy atom. The topological polar surface area (TPSA) is 60.4 Å². The van der Waals surface area contributed by atoms with Gasteiger partial charge in [0.15, 0.2) is 5.65 Å². The molecule has 0 aliphatic heterocycles. The molecule has 3 aromatic heterocycles. The van der Waals surface area contributed by atoms with E-state index in [9.17, 15) is 4.79 Å². The minimum absolute atomic E-state index is 0.0909. The molecule has 6 rings (SSSR count). The van der Waals surface area contributed by atoms with Gasteiger partial charge in [-0.2, -0.15) is 4.98 Å². The summed E-state index contributed by atoms with van der Waals surface area (Å²) in [6, 6.07) is 19.7. The summed E-state index contributed by atoms with van der Waals surface area (Å²) >= 11 is 0. The second-order valence-corrected chi connectivity index (χ2v) is 7.70. The van der Waals surface area contributed by atoms with Crippen LogP contribution in [0.5, 0.6) is 0 Å². The number of aromatic nitrogens is 3. The fraction of sp³-hybridized carbons (Fsp3) is 0.160. The molecule has 0 amide bonds. The van der Waals surface area contributed by atoms with Crippen LogP contribution in [0, 0.1) is 0 Å². The van der Waals surface area contributed by atoms with Gasteiger partial charge in [0, 0.05) is 6.42 Å². The molecule has 0 aliphatic rings. The van der Waals surface area contributed by atoms with Gasteiger partial charge < -0.3 is 4.42 Å². The Hall–Kier alpha value is -3.73. The summed E-state index contributed by atoms with van der Waals surface area (Å²) < 4.78 is 8.22. The van der Waals surface area contributed by atoms with E-state index in [0.717, 1.165) is 46.9 Å². The molecule has 0 N–H and O–H groups in total. The zero-order valence-corrected chi connectivity index (χ0v) is 16.6. The van der Waals surface area contributed by atoms with Gasteiger partial charge in [-0.05, 0) is 41.5 Å². The molecule has 0 radical (unpaired) electrons. The molecule has 0 bridgehead atoms. The van der Waals surface area contributed by atoms with Crippen LogP contribution in [-0.4, -0.2) is 14.4 Å². The highest BCUT2D eigenvalue weighted by atomic mass is 16.3. The Morgan fingerprint density at radius 3 is 2.57 bits per heavy atom. The summed E-state index contributed by atoms with van der Waals surface area (Å²) in [5, 5.41) is 3.03. The number of para-hydroxylation sites is 2. The van der Waals surface area contributed by atoms with Crippen LogP contribution in [0.4, 0.5) is 0 Å². The maximum Gasteiger partial charge on any atom is 0.236 e. The number of imidazole rings is 1. The molecule has 5 heteroatoms. The highest BCUT2D eigenvalue weighted by molar-refractivity contribution is 6.02. The second kappa shape index (κ2) is 6.39. The molecule has 0 spiro atoms. The number of aryl methyl sites for hydroxylation is 1. The lowest BCUT2D eigenvalue weighted by Gasteiger charge is -2.09. The Kier molecular flexibility index (Phi) is 3.65. The fourth-order valence-corrected chi connectivity index (χ4v) is 4.27. The molecular weight excluding hydrogens is 374 g/mol. The van der Waals surface area contributed by atoms with Gasteiger partial charge in [0.25, 0.3) is 0 Å². The van der Waals surface area contributed by atoms with Crippen molar-refractivity contribution in [3.05, 3.63) is 76.7 Å². The van der Waals surface area contributed by atoms with E-state index >= 15 is 0 Å². The number of rotatable bonds is 3. The number of benzene rings is 3. The summed E-state index contributed by atoms with van der Waals surface area (Å²) in [4.78, 5) is 23.2. The molecule has 0 unspecified atom stereocenters. The van der Waals surface area contributed by atoms with Crippen molar-refractivity contribution in [1.29, 1.82) is 0 Å². The molecule has 3 aromatic carbocycles. The number of hydrogen-bond acceptors (Lipinski definition) is 4. The Morgan fingerprint density at radius 1 is 0.967 bits per heavy atom. The van der Waals surface area contributed by atoms with Crippen molar-refractivity contribution >= 4 is 49.5 Å². The van der Waals surface area contributed by atoms with Gasteiger partial charge >= 0.3 is 0 Å². The predicted octanol–water partition coefficient (Wildman–Crippen LogP) is 5.64. The van der Waals surface area contributed by atoms with E-state index in [4.69, 9.17) is 14.4 Å². The predicted molar refractivity (Wildman–Crippen MR) is 120 cm³/mol. The van der Waals surface area contributed by atoms with Gasteiger partial charge in [-0.3, -0.25) is 9.20 Å². The number of hydrogen-bond donors (Lipinski definition) is 0. The zero-order chi connectivity index (χ0) is 20.2. The first-order chi connectivity index (χ1) is 14.7. The van der Waals surface area contributed by atoms with E-state index < -0.39 is 0 Å². The molecule has 30 heavy (non-hydrogen) atoms. The van der Waals surface area contributed by atoms with Gasteiger partial charge in [0.1, 0.15) is 16.8 Å². The molecule has 3 heterocycles. The van der Waals surface area contributed by atoms with E-state index in [-0.39, 0.29) is 5.43 Å². The van der Waals surface area contributed by atoms with Crippen molar-refractivity contribution in [2.75, 3.05) is 0 Å². The molecule has 0 atom stereocenters. The fourth-order valence-electron chi connectivity index (χ4n) is 4.27. The highest BCUT2D eigenvalue weighted by Gasteiger charge is 2.19. The molecule has 0 fully saturated rings. The van der Waals surface area contributed by atoms with E-state index in [0.29, 0.717) is 27.7 Å². The monoisotopic (exact) mass is 393 g/mol. The van der Waals surface area contributed by atoms with Crippen LogP contribution in [0.25, 0.3) is 49.5 Å². The maximum atomic E-state index is 13.6.